The Kier molecular flexibility index (Phi) is 7.41. The number of thiocarbonyl (C=S) groups is 1. The lowest BCUT2D eigenvalue weighted by atomic mass is 9.97. The van der Waals surface area contributed by atoms with Gasteiger partial charge in [0, 0.05) is 12.2 Å². The summed E-state index contributed by atoms with van der Waals surface area (Å²) in [7, 11) is 1.37. The zero-order valence-corrected chi connectivity index (χ0v) is 15.4. The van der Waals surface area contributed by atoms with Crippen molar-refractivity contribution in [3.8, 4) is 0 Å². The number of benzene rings is 2. The number of nitrogens with one attached hydrogen (secondary N) is 2. The van der Waals surface area contributed by atoms with Gasteiger partial charge in [0.1, 0.15) is 0 Å². The Hall–Kier alpha value is -2.40. The Morgan fingerprint density at radius 1 is 1.16 bits per heavy atom. The maximum atomic E-state index is 11.6. The third kappa shape index (κ3) is 6.19. The molecule has 0 fully saturated rings. The smallest absolute Gasteiger partial charge is 0.337 e. The fraction of sp³-hybridized carbons (Fsp3) is 0.300. The number of hydrogen-bond donors (Lipinski definition) is 2. The fourth-order valence-corrected chi connectivity index (χ4v) is 2.76. The van der Waals surface area contributed by atoms with Gasteiger partial charge in [-0.05, 0) is 48.3 Å². The van der Waals surface area contributed by atoms with Crippen LogP contribution in [0.1, 0.15) is 29.3 Å². The van der Waals surface area contributed by atoms with Crippen LogP contribution in [0.2, 0.25) is 0 Å². The molecule has 25 heavy (non-hydrogen) atoms. The molecule has 0 saturated carbocycles. The Morgan fingerprint density at radius 3 is 2.60 bits per heavy atom. The van der Waals surface area contributed by atoms with Crippen LogP contribution in [0.4, 0.5) is 5.69 Å². The van der Waals surface area contributed by atoms with Crippen molar-refractivity contribution in [2.24, 2.45) is 5.92 Å². The molecule has 0 saturated heterocycles. The first-order chi connectivity index (χ1) is 12.1. The highest BCUT2D eigenvalue weighted by atomic mass is 32.1. The average molecular weight is 356 g/mol. The maximum absolute atomic E-state index is 11.6. The number of carbonyl (C=O) groups excluding carboxylic acids is 1. The van der Waals surface area contributed by atoms with Gasteiger partial charge >= 0.3 is 5.97 Å². The average Bonchev–Trinajstić information content (AvgIpc) is 2.65. The van der Waals surface area contributed by atoms with Gasteiger partial charge in [-0.3, -0.25) is 0 Å². The fourth-order valence-electron chi connectivity index (χ4n) is 2.56. The summed E-state index contributed by atoms with van der Waals surface area (Å²) in [5.74, 6) is 0.139. The molecule has 2 N–H and O–H groups in total. The number of carbonyl (C=O) groups is 1. The normalized spacial score (nSPS) is 11.4. The van der Waals surface area contributed by atoms with Gasteiger partial charge < -0.3 is 15.4 Å². The molecule has 0 aliphatic rings. The van der Waals surface area contributed by atoms with E-state index in [2.05, 4.69) is 41.8 Å². The number of esters is 1. The van der Waals surface area contributed by atoms with Crippen LogP contribution < -0.4 is 10.6 Å². The van der Waals surface area contributed by atoms with Gasteiger partial charge in [-0.2, -0.15) is 0 Å². The van der Waals surface area contributed by atoms with Crippen LogP contribution >= 0.6 is 12.2 Å². The Morgan fingerprint density at radius 2 is 1.92 bits per heavy atom. The van der Waals surface area contributed by atoms with E-state index in [1.807, 2.05) is 12.1 Å². The summed E-state index contributed by atoms with van der Waals surface area (Å²) in [5, 5.41) is 6.94. The summed E-state index contributed by atoms with van der Waals surface area (Å²) >= 11 is 5.37. The van der Waals surface area contributed by atoms with E-state index in [-0.39, 0.29) is 5.97 Å². The molecule has 0 aromatic heterocycles. The summed E-state index contributed by atoms with van der Waals surface area (Å²) < 4.78 is 4.73. The monoisotopic (exact) mass is 356 g/mol. The molecule has 0 bridgehead atoms. The van der Waals surface area contributed by atoms with Crippen molar-refractivity contribution in [1.29, 1.82) is 0 Å². The Bertz CT molecular complexity index is 704. The maximum Gasteiger partial charge on any atom is 0.337 e. The third-order valence-electron chi connectivity index (χ3n) is 4.04. The van der Waals surface area contributed by atoms with Crippen molar-refractivity contribution in [2.45, 2.75) is 19.8 Å². The number of rotatable bonds is 7. The highest BCUT2D eigenvalue weighted by Crippen LogP contribution is 2.13. The van der Waals surface area contributed by atoms with E-state index in [0.717, 1.165) is 25.1 Å². The van der Waals surface area contributed by atoms with E-state index in [1.165, 1.54) is 12.7 Å². The van der Waals surface area contributed by atoms with Crippen LogP contribution in [0.3, 0.4) is 0 Å². The zero-order chi connectivity index (χ0) is 18.1. The van der Waals surface area contributed by atoms with Crippen LogP contribution in [-0.2, 0) is 11.2 Å². The van der Waals surface area contributed by atoms with Gasteiger partial charge in [-0.15, -0.1) is 0 Å². The molecule has 2 rings (SSSR count). The predicted molar refractivity (Wildman–Crippen MR) is 106 cm³/mol. The molecule has 0 radical (unpaired) electrons. The second kappa shape index (κ2) is 9.79. The molecular formula is C20H24N2O2S. The van der Waals surface area contributed by atoms with Gasteiger partial charge in [0.25, 0.3) is 0 Å². The molecule has 0 spiro atoms. The van der Waals surface area contributed by atoms with E-state index >= 15 is 0 Å². The van der Waals surface area contributed by atoms with E-state index in [0.29, 0.717) is 16.6 Å². The van der Waals surface area contributed by atoms with Crippen LogP contribution in [0.5, 0.6) is 0 Å². The Balaban J connectivity index is 1.86. The second-order valence-electron chi connectivity index (χ2n) is 5.87. The summed E-state index contributed by atoms with van der Waals surface area (Å²) in [5.41, 5.74) is 2.59. The molecule has 0 unspecified atom stereocenters. The molecule has 0 heterocycles. The number of anilines is 1. The first-order valence-electron chi connectivity index (χ1n) is 8.39. The van der Waals surface area contributed by atoms with Crippen molar-refractivity contribution in [3.05, 3.63) is 65.7 Å². The summed E-state index contributed by atoms with van der Waals surface area (Å²) in [6.45, 7) is 2.99. The van der Waals surface area contributed by atoms with Crippen molar-refractivity contribution in [2.75, 3.05) is 19.0 Å². The quantitative estimate of drug-likeness (QED) is 0.579. The summed E-state index contributed by atoms with van der Waals surface area (Å²) in [6.07, 6.45) is 2.09. The third-order valence-corrected chi connectivity index (χ3v) is 4.28. The lowest BCUT2D eigenvalue weighted by Crippen LogP contribution is -2.33. The topological polar surface area (TPSA) is 50.4 Å². The van der Waals surface area contributed by atoms with E-state index in [4.69, 9.17) is 17.0 Å². The van der Waals surface area contributed by atoms with Crippen molar-refractivity contribution < 1.29 is 9.53 Å². The molecular weight excluding hydrogens is 332 g/mol. The van der Waals surface area contributed by atoms with Crippen molar-refractivity contribution >= 4 is 29.0 Å². The highest BCUT2D eigenvalue weighted by molar-refractivity contribution is 7.80. The van der Waals surface area contributed by atoms with E-state index < -0.39 is 0 Å². The molecule has 2 aromatic carbocycles. The van der Waals surface area contributed by atoms with Crippen molar-refractivity contribution in [1.82, 2.24) is 5.32 Å². The van der Waals surface area contributed by atoms with Gasteiger partial charge in [0.2, 0.25) is 0 Å². The summed E-state index contributed by atoms with van der Waals surface area (Å²) in [4.78, 5) is 11.6. The van der Waals surface area contributed by atoms with Crippen molar-refractivity contribution in [3.63, 3.8) is 0 Å². The first-order valence-corrected chi connectivity index (χ1v) is 8.80. The molecule has 5 heteroatoms. The molecule has 0 amide bonds. The lowest BCUT2D eigenvalue weighted by Gasteiger charge is -2.18. The highest BCUT2D eigenvalue weighted by Gasteiger charge is 2.09. The first kappa shape index (κ1) is 18.9. The van der Waals surface area contributed by atoms with E-state index in [1.54, 1.807) is 18.2 Å². The van der Waals surface area contributed by atoms with Gasteiger partial charge in [0.15, 0.2) is 5.11 Å². The van der Waals surface area contributed by atoms with Gasteiger partial charge in [-0.25, -0.2) is 4.79 Å². The van der Waals surface area contributed by atoms with Crippen LogP contribution in [-0.4, -0.2) is 24.7 Å². The molecule has 2 aromatic rings. The summed E-state index contributed by atoms with van der Waals surface area (Å²) in [6, 6.07) is 17.6. The minimum Gasteiger partial charge on any atom is -0.465 e. The molecule has 0 aliphatic heterocycles. The molecule has 132 valence electrons. The molecule has 4 nitrogen and oxygen atoms in total. The minimum atomic E-state index is -0.364. The minimum absolute atomic E-state index is 0.364. The molecule has 0 aliphatic carbocycles. The predicted octanol–water partition coefficient (Wildman–Crippen LogP) is 4.03. The zero-order valence-electron chi connectivity index (χ0n) is 14.6. The van der Waals surface area contributed by atoms with Gasteiger partial charge in [0.05, 0.1) is 12.7 Å². The number of hydrogen-bond acceptors (Lipinski definition) is 3. The second-order valence-corrected chi connectivity index (χ2v) is 6.28. The van der Waals surface area contributed by atoms with Crippen LogP contribution in [0.15, 0.2) is 54.6 Å². The largest absolute Gasteiger partial charge is 0.465 e. The number of ether oxygens (including phenoxy) is 1. The SMILES string of the molecule is CC[C@@H](CNC(=S)Nc1cccc(C(=O)OC)c1)Cc1ccccc1. The Labute approximate surface area is 154 Å². The lowest BCUT2D eigenvalue weighted by molar-refractivity contribution is 0.0601. The van der Waals surface area contributed by atoms with Crippen LogP contribution in [0.25, 0.3) is 0 Å². The molecule has 1 atom stereocenters. The standard InChI is InChI=1S/C20H24N2O2S/c1-3-15(12-16-8-5-4-6-9-16)14-21-20(25)22-18-11-7-10-17(13-18)19(23)24-2/h4-11,13,15H,3,12,14H2,1-2H3,(H2,21,22,25)/t15-/m1/s1. The van der Waals surface area contributed by atoms with Crippen LogP contribution in [0, 0.1) is 5.92 Å². The van der Waals surface area contributed by atoms with Gasteiger partial charge in [-0.1, -0.05) is 49.7 Å². The van der Waals surface area contributed by atoms with E-state index in [9.17, 15) is 4.79 Å². The number of methoxy groups -OCH3 is 1.